The highest BCUT2D eigenvalue weighted by Crippen LogP contribution is 2.34. The molecule has 0 amide bonds. The van der Waals surface area contributed by atoms with Crippen LogP contribution in [0.3, 0.4) is 0 Å². The number of carbonyl (C=O) groups is 2. The van der Waals surface area contributed by atoms with Gasteiger partial charge in [-0.15, -0.1) is 10.2 Å². The minimum atomic E-state index is -1.16. The Labute approximate surface area is 210 Å². The first-order valence-corrected chi connectivity index (χ1v) is 11.7. The van der Waals surface area contributed by atoms with E-state index < -0.39 is 5.97 Å². The van der Waals surface area contributed by atoms with Gasteiger partial charge in [0, 0.05) is 34.3 Å². The third-order valence-electron chi connectivity index (χ3n) is 5.12. The van der Waals surface area contributed by atoms with Crippen LogP contribution in [-0.2, 0) is 20.9 Å². The number of nitrogens with zero attached hydrogens (tertiary/aromatic N) is 3. The van der Waals surface area contributed by atoms with E-state index in [-0.39, 0.29) is 35.1 Å². The molecule has 0 unspecified atom stereocenters. The Balaban J connectivity index is 1.65. The minimum absolute atomic E-state index is 0.00869. The molecule has 0 fully saturated rings. The lowest BCUT2D eigenvalue weighted by Gasteiger charge is -2.05. The molecule has 0 aliphatic heterocycles. The maximum absolute atomic E-state index is 12.1. The second-order valence-electron chi connectivity index (χ2n) is 7.42. The zero-order valence-electron chi connectivity index (χ0n) is 19.8. The van der Waals surface area contributed by atoms with Crippen LogP contribution < -0.4 is 9.47 Å². The van der Waals surface area contributed by atoms with Crippen molar-refractivity contribution in [1.29, 1.82) is 0 Å². The highest BCUT2D eigenvalue weighted by molar-refractivity contribution is 8.03. The van der Waals surface area contributed by atoms with E-state index in [0.29, 0.717) is 22.6 Å². The zero-order valence-corrected chi connectivity index (χ0v) is 20.6. The molecule has 2 aromatic carbocycles. The van der Waals surface area contributed by atoms with E-state index in [1.54, 1.807) is 35.9 Å². The topological polar surface area (TPSA) is 126 Å². The summed E-state index contributed by atoms with van der Waals surface area (Å²) < 4.78 is 23.0. The maximum Gasteiger partial charge on any atom is 0.342 e. The summed E-state index contributed by atoms with van der Waals surface area (Å²) in [6, 6.07) is 12.5. The molecule has 2 heterocycles. The first-order chi connectivity index (χ1) is 17.4. The molecule has 0 saturated heterocycles. The summed E-state index contributed by atoms with van der Waals surface area (Å²) in [4.78, 5) is 24.1. The van der Waals surface area contributed by atoms with Gasteiger partial charge in [0.15, 0.2) is 0 Å². The number of ether oxygens (including phenoxy) is 3. The number of fused-ring (bicyclic) bond motifs is 1. The summed E-state index contributed by atoms with van der Waals surface area (Å²) in [5, 5.41) is 18.7. The number of methoxy groups -OCH3 is 2. The van der Waals surface area contributed by atoms with Crippen molar-refractivity contribution in [2.45, 2.75) is 18.7 Å². The quantitative estimate of drug-likeness (QED) is 0.186. The number of para-hydroxylation sites is 1. The van der Waals surface area contributed by atoms with Gasteiger partial charge in [-0.25, -0.2) is 4.79 Å². The van der Waals surface area contributed by atoms with Crippen molar-refractivity contribution in [3.05, 3.63) is 59.1 Å². The van der Waals surface area contributed by atoms with Crippen LogP contribution in [0.25, 0.3) is 28.4 Å². The van der Waals surface area contributed by atoms with E-state index in [9.17, 15) is 14.7 Å². The summed E-state index contributed by atoms with van der Waals surface area (Å²) in [6.07, 6.45) is 3.22. The first kappa shape index (κ1) is 24.9. The standard InChI is InChI=1S/C25H23N3O7S/c1-4-34-22(29)14-28-13-16(19-7-5-6-8-20(19)28)11-21(24(30)31)36-25-27-26-23(35-25)15-9-17(32-2)12-18(10-15)33-3/h5-13H,4,14H2,1-3H3,(H,30,31)/b21-11-. The average molecular weight is 510 g/mol. The maximum atomic E-state index is 12.1. The fourth-order valence-corrected chi connectivity index (χ4v) is 4.20. The van der Waals surface area contributed by atoms with Gasteiger partial charge < -0.3 is 28.3 Å². The number of carboxylic acid groups (broad SMARTS) is 1. The average Bonchev–Trinajstić information content (AvgIpc) is 3.48. The van der Waals surface area contributed by atoms with Gasteiger partial charge >= 0.3 is 11.9 Å². The lowest BCUT2D eigenvalue weighted by atomic mass is 10.1. The number of esters is 1. The van der Waals surface area contributed by atoms with Crippen molar-refractivity contribution in [1.82, 2.24) is 14.8 Å². The summed E-state index contributed by atoms with van der Waals surface area (Å²) in [5.41, 5.74) is 1.96. The van der Waals surface area contributed by atoms with Gasteiger partial charge in [-0.05, 0) is 43.0 Å². The predicted octanol–water partition coefficient (Wildman–Crippen LogP) is 4.49. The van der Waals surface area contributed by atoms with Gasteiger partial charge in [-0.3, -0.25) is 4.79 Å². The van der Waals surface area contributed by atoms with E-state index in [1.165, 1.54) is 20.3 Å². The molecule has 0 atom stereocenters. The molecule has 0 aliphatic carbocycles. The third kappa shape index (κ3) is 5.52. The molecule has 10 nitrogen and oxygen atoms in total. The Morgan fingerprint density at radius 1 is 1.11 bits per heavy atom. The summed E-state index contributed by atoms with van der Waals surface area (Å²) in [7, 11) is 3.06. The fraction of sp³-hybridized carbons (Fsp3) is 0.200. The lowest BCUT2D eigenvalue weighted by molar-refractivity contribution is -0.143. The molecule has 4 aromatic rings. The number of carboxylic acids is 1. The van der Waals surface area contributed by atoms with E-state index in [0.717, 1.165) is 22.7 Å². The number of carbonyl (C=O) groups excluding carboxylic acids is 1. The number of hydrogen-bond acceptors (Lipinski definition) is 9. The molecular weight excluding hydrogens is 486 g/mol. The van der Waals surface area contributed by atoms with Crippen molar-refractivity contribution in [2.24, 2.45) is 0 Å². The zero-order chi connectivity index (χ0) is 25.7. The molecule has 0 aliphatic rings. The summed E-state index contributed by atoms with van der Waals surface area (Å²) in [5.74, 6) is -0.270. The normalized spacial score (nSPS) is 11.5. The summed E-state index contributed by atoms with van der Waals surface area (Å²) in [6.45, 7) is 2.03. The molecule has 1 N–H and O–H groups in total. The Kier molecular flexibility index (Phi) is 7.59. The molecule has 0 spiro atoms. The van der Waals surface area contributed by atoms with Crippen molar-refractivity contribution in [2.75, 3.05) is 20.8 Å². The van der Waals surface area contributed by atoms with Crippen LogP contribution in [0, 0.1) is 0 Å². The van der Waals surface area contributed by atoms with Crippen LogP contribution in [0.1, 0.15) is 12.5 Å². The van der Waals surface area contributed by atoms with Gasteiger partial charge in [0.2, 0.25) is 5.89 Å². The van der Waals surface area contributed by atoms with Crippen LogP contribution in [0.4, 0.5) is 0 Å². The summed E-state index contributed by atoms with van der Waals surface area (Å²) >= 11 is 0.825. The molecule has 11 heteroatoms. The van der Waals surface area contributed by atoms with Crippen LogP contribution in [-0.4, -0.2) is 52.6 Å². The Hall–Kier alpha value is -4.25. The van der Waals surface area contributed by atoms with E-state index in [2.05, 4.69) is 10.2 Å². The first-order valence-electron chi connectivity index (χ1n) is 10.8. The predicted molar refractivity (Wildman–Crippen MR) is 133 cm³/mol. The van der Waals surface area contributed by atoms with Gasteiger partial charge in [-0.1, -0.05) is 18.2 Å². The Morgan fingerprint density at radius 3 is 2.50 bits per heavy atom. The second-order valence-corrected chi connectivity index (χ2v) is 8.42. The molecule has 0 bridgehead atoms. The van der Waals surface area contributed by atoms with Crippen molar-refractivity contribution >= 4 is 40.7 Å². The molecule has 2 aromatic heterocycles. The van der Waals surface area contributed by atoms with Crippen molar-refractivity contribution in [3.8, 4) is 23.0 Å². The van der Waals surface area contributed by atoms with Gasteiger partial charge in [-0.2, -0.15) is 0 Å². The largest absolute Gasteiger partial charge is 0.497 e. The Morgan fingerprint density at radius 2 is 1.83 bits per heavy atom. The van der Waals surface area contributed by atoms with Crippen LogP contribution in [0.2, 0.25) is 0 Å². The SMILES string of the molecule is CCOC(=O)Cn1cc(/C=C(\Sc2nnc(-c3cc(OC)cc(OC)c3)o2)C(=O)O)c2ccccc21. The highest BCUT2D eigenvalue weighted by atomic mass is 32.2. The number of benzene rings is 2. The van der Waals surface area contributed by atoms with Crippen LogP contribution in [0.15, 0.2) is 63.2 Å². The number of rotatable bonds is 10. The van der Waals surface area contributed by atoms with Gasteiger partial charge in [0.1, 0.15) is 22.9 Å². The van der Waals surface area contributed by atoms with E-state index in [1.807, 2.05) is 24.3 Å². The molecule has 0 saturated carbocycles. The number of aliphatic carboxylic acids is 1. The highest BCUT2D eigenvalue weighted by Gasteiger charge is 2.19. The second kappa shape index (κ2) is 11.0. The third-order valence-corrected chi connectivity index (χ3v) is 5.98. The fourth-order valence-electron chi connectivity index (χ4n) is 3.54. The number of hydrogen-bond donors (Lipinski definition) is 1. The Bertz CT molecular complexity index is 1420. The monoisotopic (exact) mass is 509 g/mol. The van der Waals surface area contributed by atoms with Gasteiger partial charge in [0.05, 0.1) is 20.8 Å². The molecule has 36 heavy (non-hydrogen) atoms. The van der Waals surface area contributed by atoms with Crippen molar-refractivity contribution < 1.29 is 33.3 Å². The molecule has 186 valence electrons. The van der Waals surface area contributed by atoms with Crippen LogP contribution in [0.5, 0.6) is 11.5 Å². The van der Waals surface area contributed by atoms with Crippen LogP contribution >= 0.6 is 11.8 Å². The van der Waals surface area contributed by atoms with E-state index in [4.69, 9.17) is 18.6 Å². The van der Waals surface area contributed by atoms with Gasteiger partial charge in [0.25, 0.3) is 5.22 Å². The van der Waals surface area contributed by atoms with Crippen molar-refractivity contribution in [3.63, 3.8) is 0 Å². The molecule has 0 radical (unpaired) electrons. The number of thioether (sulfide) groups is 1. The number of aromatic nitrogens is 3. The minimum Gasteiger partial charge on any atom is -0.497 e. The smallest absolute Gasteiger partial charge is 0.342 e. The molecule has 4 rings (SSSR count). The van der Waals surface area contributed by atoms with E-state index >= 15 is 0 Å². The molecular formula is C25H23N3O7S. The lowest BCUT2D eigenvalue weighted by Crippen LogP contribution is -2.12.